The lowest BCUT2D eigenvalue weighted by Crippen LogP contribution is -2.58. The van der Waals surface area contributed by atoms with E-state index in [0.29, 0.717) is 32.5 Å². The molecule has 0 aromatic carbocycles. The van der Waals surface area contributed by atoms with Crippen LogP contribution < -0.4 is 0 Å². The monoisotopic (exact) mass is 298 g/mol. The lowest BCUT2D eigenvalue weighted by atomic mass is 9.90. The molecular weight excluding hydrogens is 272 g/mol. The van der Waals surface area contributed by atoms with Crippen LogP contribution in [0.2, 0.25) is 0 Å². The Morgan fingerprint density at radius 1 is 1.29 bits per heavy atom. The van der Waals surface area contributed by atoms with Gasteiger partial charge >= 0.3 is 12.0 Å². The molecule has 6 heteroatoms. The Kier molecular flexibility index (Phi) is 5.08. The Morgan fingerprint density at radius 2 is 2.05 bits per heavy atom. The summed E-state index contributed by atoms with van der Waals surface area (Å²) in [6, 6.07) is -0.165. The lowest BCUT2D eigenvalue weighted by molar-refractivity contribution is -0.149. The molecule has 2 saturated heterocycles. The Hall–Kier alpha value is -1.30. The molecule has 2 aliphatic heterocycles. The molecule has 0 radical (unpaired) electrons. The van der Waals surface area contributed by atoms with Crippen LogP contribution in [0.15, 0.2) is 0 Å². The van der Waals surface area contributed by atoms with Crippen LogP contribution in [0.1, 0.15) is 45.4 Å². The molecule has 0 saturated carbocycles. The number of aliphatic hydroxyl groups is 1. The third-order valence-corrected chi connectivity index (χ3v) is 4.83. The molecule has 0 bridgehead atoms. The maximum Gasteiger partial charge on any atom is 0.329 e. The number of piperidine rings is 1. The summed E-state index contributed by atoms with van der Waals surface area (Å²) in [6.07, 6.45) is 4.34. The van der Waals surface area contributed by atoms with Crippen LogP contribution in [-0.2, 0) is 4.79 Å². The van der Waals surface area contributed by atoms with E-state index in [1.807, 2.05) is 6.92 Å². The number of carbonyl (C=O) groups excluding carboxylic acids is 1. The summed E-state index contributed by atoms with van der Waals surface area (Å²) in [6.45, 7) is 3.75. The Morgan fingerprint density at radius 3 is 2.67 bits per heavy atom. The van der Waals surface area contributed by atoms with Gasteiger partial charge in [-0.2, -0.15) is 0 Å². The predicted octanol–water partition coefficient (Wildman–Crippen LogP) is 1.53. The molecular formula is C15H26N2O4. The van der Waals surface area contributed by atoms with Crippen molar-refractivity contribution in [2.75, 3.05) is 26.2 Å². The van der Waals surface area contributed by atoms with Crippen LogP contribution in [0.4, 0.5) is 4.79 Å². The Bertz CT molecular complexity index is 401. The Balaban J connectivity index is 2.14. The van der Waals surface area contributed by atoms with Crippen LogP contribution >= 0.6 is 0 Å². The first kappa shape index (κ1) is 16.1. The van der Waals surface area contributed by atoms with Gasteiger partial charge in [-0.15, -0.1) is 0 Å². The smallest absolute Gasteiger partial charge is 0.329 e. The summed E-state index contributed by atoms with van der Waals surface area (Å²) in [5.41, 5.74) is -1.03. The minimum absolute atomic E-state index is 0.0861. The Labute approximate surface area is 125 Å². The number of urea groups is 1. The van der Waals surface area contributed by atoms with Gasteiger partial charge in [0.05, 0.1) is 0 Å². The van der Waals surface area contributed by atoms with Crippen molar-refractivity contribution >= 4 is 12.0 Å². The normalized spacial score (nSPS) is 29.7. The van der Waals surface area contributed by atoms with E-state index in [-0.39, 0.29) is 18.6 Å². The molecule has 120 valence electrons. The second-order valence-electron chi connectivity index (χ2n) is 6.26. The molecule has 21 heavy (non-hydrogen) atoms. The molecule has 2 atom stereocenters. The zero-order valence-electron chi connectivity index (χ0n) is 12.8. The fourth-order valence-electron chi connectivity index (χ4n) is 3.72. The molecule has 2 aliphatic rings. The van der Waals surface area contributed by atoms with Crippen molar-refractivity contribution in [1.29, 1.82) is 0 Å². The highest BCUT2D eigenvalue weighted by molar-refractivity contribution is 5.87. The number of carboxylic acid groups (broad SMARTS) is 1. The lowest BCUT2D eigenvalue weighted by Gasteiger charge is -2.40. The van der Waals surface area contributed by atoms with Crippen LogP contribution in [-0.4, -0.2) is 63.8 Å². The first-order valence-electron chi connectivity index (χ1n) is 7.96. The van der Waals surface area contributed by atoms with Gasteiger partial charge in [0.15, 0.2) is 0 Å². The van der Waals surface area contributed by atoms with E-state index in [1.165, 1.54) is 0 Å². The van der Waals surface area contributed by atoms with E-state index in [1.54, 1.807) is 9.80 Å². The zero-order chi connectivity index (χ0) is 15.5. The van der Waals surface area contributed by atoms with Crippen molar-refractivity contribution in [2.45, 2.75) is 51.0 Å². The van der Waals surface area contributed by atoms with Gasteiger partial charge in [0.25, 0.3) is 0 Å². The minimum atomic E-state index is -1.03. The van der Waals surface area contributed by atoms with E-state index in [9.17, 15) is 19.8 Å². The van der Waals surface area contributed by atoms with Gasteiger partial charge < -0.3 is 20.0 Å². The second kappa shape index (κ2) is 6.64. The molecule has 2 unspecified atom stereocenters. The molecule has 2 fully saturated rings. The molecule has 2 N–H and O–H groups in total. The van der Waals surface area contributed by atoms with E-state index in [0.717, 1.165) is 25.7 Å². The van der Waals surface area contributed by atoms with Crippen LogP contribution in [0, 0.1) is 5.92 Å². The van der Waals surface area contributed by atoms with Gasteiger partial charge in [-0.1, -0.05) is 13.3 Å². The number of carbonyl (C=O) groups is 2. The molecule has 2 amide bonds. The van der Waals surface area contributed by atoms with Crippen molar-refractivity contribution < 1.29 is 19.8 Å². The number of likely N-dealkylation sites (tertiary alicyclic amines) is 2. The van der Waals surface area contributed by atoms with Crippen LogP contribution in [0.3, 0.4) is 0 Å². The SMILES string of the molecule is CCCC1(C(=O)O)CCCN1C(=O)N1CCCC(CO)C1. The van der Waals surface area contributed by atoms with E-state index >= 15 is 0 Å². The highest BCUT2D eigenvalue weighted by Gasteiger charge is 2.50. The number of aliphatic hydroxyl groups excluding tert-OH is 1. The number of nitrogens with zero attached hydrogens (tertiary/aromatic N) is 2. The van der Waals surface area contributed by atoms with Crippen molar-refractivity contribution in [1.82, 2.24) is 9.80 Å². The van der Waals surface area contributed by atoms with Gasteiger partial charge in [0.1, 0.15) is 5.54 Å². The fourth-order valence-corrected chi connectivity index (χ4v) is 3.72. The molecule has 2 heterocycles. The zero-order valence-corrected chi connectivity index (χ0v) is 12.8. The molecule has 6 nitrogen and oxygen atoms in total. The van der Waals surface area contributed by atoms with E-state index < -0.39 is 11.5 Å². The van der Waals surface area contributed by atoms with Crippen LogP contribution in [0.25, 0.3) is 0 Å². The third kappa shape index (κ3) is 3.00. The largest absolute Gasteiger partial charge is 0.479 e. The third-order valence-electron chi connectivity index (χ3n) is 4.83. The fraction of sp³-hybridized carbons (Fsp3) is 0.867. The summed E-state index contributed by atoms with van der Waals surface area (Å²) in [7, 11) is 0. The van der Waals surface area contributed by atoms with Gasteiger partial charge in [0, 0.05) is 26.2 Å². The molecule has 2 rings (SSSR count). The van der Waals surface area contributed by atoms with Gasteiger partial charge in [-0.25, -0.2) is 9.59 Å². The van der Waals surface area contributed by atoms with Crippen molar-refractivity contribution in [3.8, 4) is 0 Å². The average molecular weight is 298 g/mol. The summed E-state index contributed by atoms with van der Waals surface area (Å²) >= 11 is 0. The number of rotatable bonds is 4. The highest BCUT2D eigenvalue weighted by Crippen LogP contribution is 2.35. The quantitative estimate of drug-likeness (QED) is 0.824. The second-order valence-corrected chi connectivity index (χ2v) is 6.26. The molecule has 0 aromatic rings. The molecule has 0 aliphatic carbocycles. The van der Waals surface area contributed by atoms with E-state index in [4.69, 9.17) is 0 Å². The van der Waals surface area contributed by atoms with Gasteiger partial charge in [0.2, 0.25) is 0 Å². The van der Waals surface area contributed by atoms with Crippen molar-refractivity contribution in [3.63, 3.8) is 0 Å². The first-order chi connectivity index (χ1) is 10.0. The van der Waals surface area contributed by atoms with E-state index in [2.05, 4.69) is 0 Å². The van der Waals surface area contributed by atoms with Gasteiger partial charge in [-0.05, 0) is 38.0 Å². The number of hydrogen-bond acceptors (Lipinski definition) is 3. The number of aliphatic carboxylic acids is 1. The standard InChI is InChI=1S/C15H26N2O4/c1-2-6-15(13(19)20)7-4-9-17(15)14(21)16-8-3-5-12(10-16)11-18/h12,18H,2-11H2,1H3,(H,19,20). The highest BCUT2D eigenvalue weighted by atomic mass is 16.4. The topological polar surface area (TPSA) is 81.1 Å². The first-order valence-corrected chi connectivity index (χ1v) is 7.96. The maximum absolute atomic E-state index is 12.8. The van der Waals surface area contributed by atoms with Crippen molar-refractivity contribution in [3.05, 3.63) is 0 Å². The predicted molar refractivity (Wildman–Crippen MR) is 78.0 cm³/mol. The summed E-state index contributed by atoms with van der Waals surface area (Å²) < 4.78 is 0. The van der Waals surface area contributed by atoms with Crippen molar-refractivity contribution in [2.24, 2.45) is 5.92 Å². The maximum atomic E-state index is 12.8. The van der Waals surface area contributed by atoms with Gasteiger partial charge in [-0.3, -0.25) is 0 Å². The number of carboxylic acids is 1. The average Bonchev–Trinajstić information content (AvgIpc) is 2.92. The molecule has 0 aromatic heterocycles. The summed E-state index contributed by atoms with van der Waals surface area (Å²) in [4.78, 5) is 27.8. The van der Waals surface area contributed by atoms with Crippen LogP contribution in [0.5, 0.6) is 0 Å². The summed E-state index contributed by atoms with van der Waals surface area (Å²) in [5, 5.41) is 18.9. The summed E-state index contributed by atoms with van der Waals surface area (Å²) in [5.74, 6) is -0.762. The molecule has 0 spiro atoms. The number of amides is 2. The number of hydrogen-bond donors (Lipinski definition) is 2. The minimum Gasteiger partial charge on any atom is -0.479 e.